The number of carbonyl (C=O) groups excluding carboxylic acids is 1. The fraction of sp³-hybridized carbons (Fsp3) is 0.344. The van der Waals surface area contributed by atoms with Crippen molar-refractivity contribution < 1.29 is 19.0 Å². The van der Waals surface area contributed by atoms with Gasteiger partial charge in [0.1, 0.15) is 25.4 Å². The van der Waals surface area contributed by atoms with Gasteiger partial charge in [-0.3, -0.25) is 0 Å². The summed E-state index contributed by atoms with van der Waals surface area (Å²) in [5.74, 6) is 4.33. The van der Waals surface area contributed by atoms with Gasteiger partial charge in [0.05, 0.1) is 24.9 Å². The van der Waals surface area contributed by atoms with Crippen molar-refractivity contribution in [2.75, 3.05) is 51.4 Å². The van der Waals surface area contributed by atoms with Crippen LogP contribution in [0.1, 0.15) is 20.3 Å². The van der Waals surface area contributed by atoms with Gasteiger partial charge in [0.15, 0.2) is 11.5 Å². The molecule has 2 aliphatic rings. The molecule has 0 spiro atoms. The van der Waals surface area contributed by atoms with Crippen molar-refractivity contribution in [3.05, 3.63) is 78.6 Å². The van der Waals surface area contributed by atoms with Crippen molar-refractivity contribution >= 4 is 22.8 Å². The van der Waals surface area contributed by atoms with E-state index in [2.05, 4.69) is 37.5 Å². The van der Waals surface area contributed by atoms with Gasteiger partial charge in [0.25, 0.3) is 0 Å². The molecular weight excluding hydrogens is 532 g/mol. The highest BCUT2D eigenvalue weighted by molar-refractivity contribution is 5.92. The van der Waals surface area contributed by atoms with Crippen molar-refractivity contribution in [3.8, 4) is 23.8 Å². The first kappa shape index (κ1) is 30.1. The molecule has 2 aliphatic heterocycles. The Morgan fingerprint density at radius 3 is 2.76 bits per heavy atom. The van der Waals surface area contributed by atoms with E-state index in [0.717, 1.165) is 28.7 Å². The van der Waals surface area contributed by atoms with Gasteiger partial charge in [-0.25, -0.2) is 14.8 Å². The summed E-state index contributed by atoms with van der Waals surface area (Å²) in [6, 6.07) is 3.76. The fourth-order valence-electron chi connectivity index (χ4n) is 4.67. The second-order valence-electron chi connectivity index (χ2n) is 9.57. The number of amides is 2. The zero-order valence-electron chi connectivity index (χ0n) is 24.4. The molecule has 1 atom stereocenters. The summed E-state index contributed by atoms with van der Waals surface area (Å²) < 4.78 is 16.8. The highest BCUT2D eigenvalue weighted by atomic mass is 16.5. The van der Waals surface area contributed by atoms with Gasteiger partial charge in [-0.2, -0.15) is 0 Å². The summed E-state index contributed by atoms with van der Waals surface area (Å²) in [6.45, 7) is 6.77. The van der Waals surface area contributed by atoms with Crippen LogP contribution in [0.4, 0.5) is 10.6 Å². The minimum absolute atomic E-state index is 0.133. The lowest BCUT2D eigenvalue weighted by atomic mass is 10.1. The number of hydrogen-bond donors (Lipinski definition) is 2. The highest BCUT2D eigenvalue weighted by Gasteiger charge is 2.24. The number of aromatic nitrogens is 2. The molecule has 1 saturated heterocycles. The number of nitrogens with zero attached hydrogens (tertiary/aromatic N) is 4. The van der Waals surface area contributed by atoms with E-state index in [1.54, 1.807) is 24.3 Å². The van der Waals surface area contributed by atoms with Gasteiger partial charge in [0.2, 0.25) is 0 Å². The molecule has 4 rings (SSSR count). The molecule has 2 amide bonds. The minimum atomic E-state index is -0.144. The quantitative estimate of drug-likeness (QED) is 0.136. The number of rotatable bonds is 11. The zero-order chi connectivity index (χ0) is 29.7. The number of ether oxygens (including phenoxy) is 3. The number of nitrogens with one attached hydrogen (secondary N) is 2. The van der Waals surface area contributed by atoms with Gasteiger partial charge in [-0.1, -0.05) is 24.1 Å². The number of benzene rings is 1. The summed E-state index contributed by atoms with van der Waals surface area (Å²) in [4.78, 5) is 25.9. The highest BCUT2D eigenvalue weighted by Crippen LogP contribution is 2.35. The molecule has 1 aromatic heterocycles. The fourth-order valence-corrected chi connectivity index (χ4v) is 4.67. The summed E-state index contributed by atoms with van der Waals surface area (Å²) >= 11 is 0. The van der Waals surface area contributed by atoms with E-state index in [0.29, 0.717) is 50.0 Å². The maximum absolute atomic E-state index is 13.0. The van der Waals surface area contributed by atoms with Crippen molar-refractivity contribution in [1.29, 1.82) is 0 Å². The lowest BCUT2D eigenvalue weighted by molar-refractivity contribution is 0.197. The van der Waals surface area contributed by atoms with E-state index in [-0.39, 0.29) is 18.7 Å². The molecule has 0 radical (unpaired) electrons. The van der Waals surface area contributed by atoms with Crippen LogP contribution in [0.15, 0.2) is 78.6 Å². The summed E-state index contributed by atoms with van der Waals surface area (Å²) in [7, 11) is 1.58. The Balaban J connectivity index is 1.29. The van der Waals surface area contributed by atoms with Crippen LogP contribution in [-0.2, 0) is 4.74 Å². The summed E-state index contributed by atoms with van der Waals surface area (Å²) in [5.41, 5.74) is 2.54. The number of anilines is 1. The Bertz CT molecular complexity index is 1430. The average molecular weight is 571 g/mol. The smallest absolute Gasteiger partial charge is 0.321 e. The van der Waals surface area contributed by atoms with Crippen LogP contribution in [0.25, 0.3) is 10.9 Å². The molecule has 10 heteroatoms. The maximum Gasteiger partial charge on any atom is 0.321 e. The van der Waals surface area contributed by atoms with Gasteiger partial charge < -0.3 is 34.6 Å². The van der Waals surface area contributed by atoms with E-state index in [9.17, 15) is 4.79 Å². The van der Waals surface area contributed by atoms with E-state index in [4.69, 9.17) is 20.6 Å². The molecule has 2 N–H and O–H groups in total. The number of terminal acetylenes is 1. The van der Waals surface area contributed by atoms with Gasteiger partial charge in [-0.15, -0.1) is 6.42 Å². The third kappa shape index (κ3) is 7.63. The number of piperazine rings is 1. The number of hydrogen-bond acceptors (Lipinski definition) is 8. The van der Waals surface area contributed by atoms with Crippen LogP contribution in [0.5, 0.6) is 11.5 Å². The first-order chi connectivity index (χ1) is 20.6. The first-order valence-corrected chi connectivity index (χ1v) is 14.0. The van der Waals surface area contributed by atoms with Crippen molar-refractivity contribution in [1.82, 2.24) is 25.5 Å². The van der Waals surface area contributed by atoms with E-state index >= 15 is 0 Å². The predicted molar refractivity (Wildman–Crippen MR) is 165 cm³/mol. The Morgan fingerprint density at radius 1 is 1.19 bits per heavy atom. The topological polar surface area (TPSA) is 101 Å². The van der Waals surface area contributed by atoms with Crippen LogP contribution in [0.3, 0.4) is 0 Å². The Kier molecular flexibility index (Phi) is 10.9. The van der Waals surface area contributed by atoms with Crippen molar-refractivity contribution in [2.45, 2.75) is 26.3 Å². The molecule has 0 bridgehead atoms. The first-order valence-electron chi connectivity index (χ1n) is 14.0. The molecule has 1 fully saturated rings. The molecule has 2 aromatic rings. The monoisotopic (exact) mass is 570 g/mol. The Hall–Kier alpha value is -4.91. The minimum Gasteiger partial charge on any atom is -0.497 e. The number of methoxy groups -OCH3 is 1. The predicted octanol–water partition coefficient (Wildman–Crippen LogP) is 4.29. The van der Waals surface area contributed by atoms with Crippen LogP contribution >= 0.6 is 0 Å². The lowest BCUT2D eigenvalue weighted by Crippen LogP contribution is -2.51. The summed E-state index contributed by atoms with van der Waals surface area (Å²) in [6.07, 6.45) is 23.3. The van der Waals surface area contributed by atoms with Gasteiger partial charge in [-0.05, 0) is 50.8 Å². The molecule has 42 heavy (non-hydrogen) atoms. The van der Waals surface area contributed by atoms with Gasteiger partial charge >= 0.3 is 6.03 Å². The third-order valence-corrected chi connectivity index (χ3v) is 6.93. The van der Waals surface area contributed by atoms with Crippen LogP contribution < -0.4 is 25.0 Å². The molecule has 1 unspecified atom stereocenters. The molecule has 10 nitrogen and oxygen atoms in total. The maximum atomic E-state index is 13.0. The molecular formula is C32H38N6O4. The molecule has 0 aliphatic carbocycles. The number of carbonyl (C=O) groups is 1. The number of urea groups is 1. The SMILES string of the molecule is C#CCOc1cc2ncnc(N3CCN(C(=O)NC(/C=C\CO/C=C4\C=CNC4C/C=C\C)=C/C)CC3)c2cc1OC. The molecule has 220 valence electrons. The lowest BCUT2D eigenvalue weighted by Gasteiger charge is -2.35. The zero-order valence-corrected chi connectivity index (χ0v) is 24.4. The average Bonchev–Trinajstić information content (AvgIpc) is 3.48. The molecule has 0 saturated carbocycles. The van der Waals surface area contributed by atoms with Gasteiger partial charge in [0, 0.05) is 48.9 Å². The van der Waals surface area contributed by atoms with Crippen molar-refractivity contribution in [2.24, 2.45) is 0 Å². The summed E-state index contributed by atoms with van der Waals surface area (Å²) in [5, 5.41) is 7.15. The Labute approximate surface area is 247 Å². The van der Waals surface area contributed by atoms with E-state index < -0.39 is 0 Å². The molecule has 1 aromatic carbocycles. The van der Waals surface area contributed by atoms with Crippen LogP contribution in [-0.4, -0.2) is 73.4 Å². The van der Waals surface area contributed by atoms with Crippen LogP contribution in [0, 0.1) is 12.3 Å². The molecule has 3 heterocycles. The standard InChI is InChI=1S/C32H38N6O4/c1-5-8-11-27-24(12-13-33-27)22-41-19-9-10-25(7-3)36-32(39)38-16-14-37(15-17-38)31-26-20-29(40-4)30(42-18-6-2)21-28(26)34-23-35-31/h2,5,7-10,12-13,20-23,27,33H,11,14-19H2,1,3-4H3,(H,36,39)/b8-5-,10-9-,24-22+,25-7+. The third-order valence-electron chi connectivity index (χ3n) is 6.93. The second kappa shape index (κ2) is 15.2. The van der Waals surface area contributed by atoms with Crippen molar-refractivity contribution in [3.63, 3.8) is 0 Å². The van der Waals surface area contributed by atoms with E-state index in [1.807, 2.05) is 56.5 Å². The number of fused-ring (bicyclic) bond motifs is 1. The number of allylic oxidation sites excluding steroid dienone is 3. The second-order valence-corrected chi connectivity index (χ2v) is 9.57. The Morgan fingerprint density at radius 2 is 2.02 bits per heavy atom. The van der Waals surface area contributed by atoms with E-state index in [1.165, 1.54) is 6.33 Å². The largest absolute Gasteiger partial charge is 0.497 e. The van der Waals surface area contributed by atoms with Crippen LogP contribution in [0.2, 0.25) is 0 Å². The normalized spacial score (nSPS) is 18.1.